The molecule has 0 saturated heterocycles. The lowest BCUT2D eigenvalue weighted by molar-refractivity contribution is 0.0533. The maximum absolute atomic E-state index is 9.73. The third-order valence-electron chi connectivity index (χ3n) is 2.35. The van der Waals surface area contributed by atoms with Gasteiger partial charge in [-0.3, -0.25) is 0 Å². The molecule has 0 bridgehead atoms. The monoisotopic (exact) mass is 205 g/mol. The SMILES string of the molecule is CCC(C)(O)CNC(C)CCSC. The Morgan fingerprint density at radius 2 is 2.15 bits per heavy atom. The van der Waals surface area contributed by atoms with E-state index < -0.39 is 5.60 Å². The number of rotatable bonds is 7. The first kappa shape index (κ1) is 13.3. The van der Waals surface area contributed by atoms with Crippen LogP contribution in [-0.2, 0) is 0 Å². The van der Waals surface area contributed by atoms with Crippen LogP contribution < -0.4 is 5.32 Å². The highest BCUT2D eigenvalue weighted by Gasteiger charge is 2.17. The summed E-state index contributed by atoms with van der Waals surface area (Å²) in [5.74, 6) is 1.18. The molecule has 0 amide bonds. The van der Waals surface area contributed by atoms with Crippen LogP contribution in [0, 0.1) is 0 Å². The minimum atomic E-state index is -0.548. The fourth-order valence-corrected chi connectivity index (χ4v) is 1.51. The summed E-state index contributed by atoms with van der Waals surface area (Å²) in [6.45, 7) is 6.75. The van der Waals surface area contributed by atoms with Crippen molar-refractivity contribution >= 4 is 11.8 Å². The van der Waals surface area contributed by atoms with Crippen LogP contribution in [0.2, 0.25) is 0 Å². The summed E-state index contributed by atoms with van der Waals surface area (Å²) in [4.78, 5) is 0. The highest BCUT2D eigenvalue weighted by Crippen LogP contribution is 2.07. The number of nitrogens with one attached hydrogen (secondary N) is 1. The van der Waals surface area contributed by atoms with Gasteiger partial charge in [0.05, 0.1) is 5.60 Å². The van der Waals surface area contributed by atoms with E-state index in [2.05, 4.69) is 18.5 Å². The van der Waals surface area contributed by atoms with Crippen LogP contribution in [0.1, 0.15) is 33.6 Å². The summed E-state index contributed by atoms with van der Waals surface area (Å²) < 4.78 is 0. The highest BCUT2D eigenvalue weighted by atomic mass is 32.2. The Morgan fingerprint density at radius 3 is 2.62 bits per heavy atom. The average molecular weight is 205 g/mol. The quantitative estimate of drug-likeness (QED) is 0.665. The molecule has 0 saturated carbocycles. The van der Waals surface area contributed by atoms with Crippen molar-refractivity contribution in [3.05, 3.63) is 0 Å². The van der Waals surface area contributed by atoms with E-state index in [0.717, 1.165) is 6.42 Å². The van der Waals surface area contributed by atoms with E-state index in [4.69, 9.17) is 0 Å². The van der Waals surface area contributed by atoms with Crippen LogP contribution in [0.25, 0.3) is 0 Å². The summed E-state index contributed by atoms with van der Waals surface area (Å²) >= 11 is 1.87. The van der Waals surface area contributed by atoms with Gasteiger partial charge in [0.15, 0.2) is 0 Å². The van der Waals surface area contributed by atoms with Gasteiger partial charge in [-0.05, 0) is 38.7 Å². The minimum Gasteiger partial charge on any atom is -0.389 e. The summed E-state index contributed by atoms with van der Waals surface area (Å²) in [6.07, 6.45) is 4.09. The predicted octanol–water partition coefficient (Wildman–Crippen LogP) is 1.88. The molecule has 0 heterocycles. The zero-order chi connectivity index (χ0) is 10.3. The van der Waals surface area contributed by atoms with Gasteiger partial charge in [-0.25, -0.2) is 0 Å². The first-order chi connectivity index (χ1) is 6.02. The maximum atomic E-state index is 9.73. The molecule has 0 aromatic heterocycles. The van der Waals surface area contributed by atoms with Crippen LogP contribution in [-0.4, -0.2) is 35.3 Å². The molecule has 2 N–H and O–H groups in total. The fraction of sp³-hybridized carbons (Fsp3) is 1.00. The molecule has 0 aliphatic rings. The average Bonchev–Trinajstić information content (AvgIpc) is 2.11. The van der Waals surface area contributed by atoms with Crippen LogP contribution in [0.5, 0.6) is 0 Å². The second-order valence-electron chi connectivity index (χ2n) is 3.91. The van der Waals surface area contributed by atoms with Crippen molar-refractivity contribution in [2.75, 3.05) is 18.6 Å². The molecule has 0 aromatic carbocycles. The molecule has 2 nitrogen and oxygen atoms in total. The van der Waals surface area contributed by atoms with Crippen molar-refractivity contribution in [1.82, 2.24) is 5.32 Å². The van der Waals surface area contributed by atoms with Crippen molar-refractivity contribution < 1.29 is 5.11 Å². The lowest BCUT2D eigenvalue weighted by Crippen LogP contribution is -2.41. The van der Waals surface area contributed by atoms with Crippen LogP contribution in [0.15, 0.2) is 0 Å². The summed E-state index contributed by atoms with van der Waals surface area (Å²) in [5, 5.41) is 13.1. The van der Waals surface area contributed by atoms with E-state index in [1.807, 2.05) is 25.6 Å². The Kier molecular flexibility index (Phi) is 6.82. The van der Waals surface area contributed by atoms with Gasteiger partial charge in [0, 0.05) is 12.6 Å². The summed E-state index contributed by atoms with van der Waals surface area (Å²) in [7, 11) is 0. The van der Waals surface area contributed by atoms with Gasteiger partial charge in [-0.15, -0.1) is 0 Å². The number of aliphatic hydroxyl groups is 1. The summed E-state index contributed by atoms with van der Waals surface area (Å²) in [5.41, 5.74) is -0.548. The second kappa shape index (κ2) is 6.68. The predicted molar refractivity (Wildman–Crippen MR) is 61.4 cm³/mol. The van der Waals surface area contributed by atoms with Crippen LogP contribution >= 0.6 is 11.8 Å². The van der Waals surface area contributed by atoms with E-state index in [9.17, 15) is 5.11 Å². The van der Waals surface area contributed by atoms with Gasteiger partial charge in [0.25, 0.3) is 0 Å². The Bertz CT molecular complexity index is 128. The maximum Gasteiger partial charge on any atom is 0.0741 e. The largest absolute Gasteiger partial charge is 0.389 e. The molecular weight excluding hydrogens is 182 g/mol. The molecule has 0 radical (unpaired) electrons. The van der Waals surface area contributed by atoms with Gasteiger partial charge >= 0.3 is 0 Å². The molecule has 80 valence electrons. The number of thioether (sulfide) groups is 1. The lowest BCUT2D eigenvalue weighted by atomic mass is 10.0. The Labute approximate surface area is 86.5 Å². The minimum absolute atomic E-state index is 0.505. The molecule has 2 unspecified atom stereocenters. The zero-order valence-corrected chi connectivity index (χ0v) is 10.1. The third-order valence-corrected chi connectivity index (χ3v) is 2.99. The molecular formula is C10H23NOS. The molecule has 0 aliphatic carbocycles. The fourth-order valence-electron chi connectivity index (χ4n) is 0.916. The molecule has 0 fully saturated rings. The smallest absolute Gasteiger partial charge is 0.0741 e. The van der Waals surface area contributed by atoms with Crippen molar-refractivity contribution in [3.8, 4) is 0 Å². The van der Waals surface area contributed by atoms with Crippen molar-refractivity contribution in [2.45, 2.75) is 45.3 Å². The van der Waals surface area contributed by atoms with Gasteiger partial charge < -0.3 is 10.4 Å². The van der Waals surface area contributed by atoms with E-state index in [0.29, 0.717) is 12.6 Å². The van der Waals surface area contributed by atoms with Gasteiger partial charge in [-0.2, -0.15) is 11.8 Å². The van der Waals surface area contributed by atoms with E-state index >= 15 is 0 Å². The molecule has 13 heavy (non-hydrogen) atoms. The molecule has 0 aliphatic heterocycles. The van der Waals surface area contributed by atoms with E-state index in [1.165, 1.54) is 12.2 Å². The molecule has 0 rings (SSSR count). The van der Waals surface area contributed by atoms with Crippen LogP contribution in [0.4, 0.5) is 0 Å². The third kappa shape index (κ3) is 7.35. The second-order valence-corrected chi connectivity index (χ2v) is 4.90. The standard InChI is InChI=1S/C10H23NOS/c1-5-10(3,12)8-11-9(2)6-7-13-4/h9,11-12H,5-8H2,1-4H3. The topological polar surface area (TPSA) is 32.3 Å². The highest BCUT2D eigenvalue weighted by molar-refractivity contribution is 7.98. The van der Waals surface area contributed by atoms with Crippen molar-refractivity contribution in [3.63, 3.8) is 0 Å². The summed E-state index contributed by atoms with van der Waals surface area (Å²) in [6, 6.07) is 0.505. The molecule has 3 heteroatoms. The Balaban J connectivity index is 3.51. The molecule has 0 aromatic rings. The number of hydrogen-bond acceptors (Lipinski definition) is 3. The van der Waals surface area contributed by atoms with Gasteiger partial charge in [0.2, 0.25) is 0 Å². The van der Waals surface area contributed by atoms with E-state index in [-0.39, 0.29) is 0 Å². The first-order valence-corrected chi connectivity index (χ1v) is 6.36. The normalized spacial score (nSPS) is 18.2. The van der Waals surface area contributed by atoms with Crippen LogP contribution in [0.3, 0.4) is 0 Å². The Hall–Kier alpha value is 0.270. The van der Waals surface area contributed by atoms with Crippen molar-refractivity contribution in [1.29, 1.82) is 0 Å². The van der Waals surface area contributed by atoms with E-state index in [1.54, 1.807) is 0 Å². The zero-order valence-electron chi connectivity index (χ0n) is 9.26. The molecule has 2 atom stereocenters. The van der Waals surface area contributed by atoms with Gasteiger partial charge in [-0.1, -0.05) is 6.92 Å². The van der Waals surface area contributed by atoms with Crippen molar-refractivity contribution in [2.24, 2.45) is 0 Å². The first-order valence-electron chi connectivity index (χ1n) is 4.96. The van der Waals surface area contributed by atoms with Gasteiger partial charge in [0.1, 0.15) is 0 Å². The number of hydrogen-bond donors (Lipinski definition) is 2. The Morgan fingerprint density at radius 1 is 1.54 bits per heavy atom. The molecule has 0 spiro atoms. The lowest BCUT2D eigenvalue weighted by Gasteiger charge is -2.24.